The lowest BCUT2D eigenvalue weighted by atomic mass is 9.91. The lowest BCUT2D eigenvalue weighted by Crippen LogP contribution is -2.42. The summed E-state index contributed by atoms with van der Waals surface area (Å²) in [6.07, 6.45) is 2.29. The third kappa shape index (κ3) is 3.40. The number of piperidine rings is 1. The summed E-state index contributed by atoms with van der Waals surface area (Å²) < 4.78 is 4.54. The number of carbonyl (C=O) groups is 1. The zero-order chi connectivity index (χ0) is 19.1. The van der Waals surface area contributed by atoms with Gasteiger partial charge in [0.15, 0.2) is 0 Å². The summed E-state index contributed by atoms with van der Waals surface area (Å²) in [6, 6.07) is 3.96. The summed E-state index contributed by atoms with van der Waals surface area (Å²) in [4.78, 5) is 27.3. The average Bonchev–Trinajstić information content (AvgIpc) is 3.19. The smallest absolute Gasteiger partial charge is 0.291 e. The molecule has 3 aromatic rings. The number of likely N-dealkylation sites (tertiary alicyclic amines) is 1. The van der Waals surface area contributed by atoms with Gasteiger partial charge < -0.3 is 4.90 Å². The zero-order valence-electron chi connectivity index (χ0n) is 16.1. The molecule has 27 heavy (non-hydrogen) atoms. The monoisotopic (exact) mass is 386 g/mol. The third-order valence-corrected chi connectivity index (χ3v) is 6.30. The predicted molar refractivity (Wildman–Crippen MR) is 108 cm³/mol. The standard InChI is InChI=1S/C20H26N4O2S/c1-13-9-14(2)12-22(11-13)19(25)5-4-7-23-20(26)17-10-18-16(6-8-27-18)24(17)15(3)21-23/h6,8,10,13-14H,4-5,7,9,11-12H2,1-3H3. The van der Waals surface area contributed by atoms with E-state index in [1.807, 2.05) is 33.7 Å². The Bertz CT molecular complexity index is 1040. The van der Waals surface area contributed by atoms with Crippen molar-refractivity contribution in [2.75, 3.05) is 13.1 Å². The maximum absolute atomic E-state index is 12.8. The minimum atomic E-state index is -0.0864. The van der Waals surface area contributed by atoms with Gasteiger partial charge in [-0.25, -0.2) is 4.68 Å². The fraction of sp³-hybridized carbons (Fsp3) is 0.550. The molecule has 1 saturated heterocycles. The second kappa shape index (κ2) is 7.11. The van der Waals surface area contributed by atoms with Gasteiger partial charge in [-0.05, 0) is 49.1 Å². The second-order valence-corrected chi connectivity index (χ2v) is 8.91. The van der Waals surface area contributed by atoms with Gasteiger partial charge in [-0.2, -0.15) is 5.10 Å². The van der Waals surface area contributed by atoms with Gasteiger partial charge in [0.25, 0.3) is 5.56 Å². The van der Waals surface area contributed by atoms with Gasteiger partial charge in [0, 0.05) is 26.1 Å². The van der Waals surface area contributed by atoms with Crippen LogP contribution in [0.4, 0.5) is 0 Å². The first-order valence-electron chi connectivity index (χ1n) is 9.68. The number of amides is 1. The molecule has 0 saturated carbocycles. The van der Waals surface area contributed by atoms with E-state index in [2.05, 4.69) is 18.9 Å². The largest absolute Gasteiger partial charge is 0.342 e. The number of aryl methyl sites for hydroxylation is 2. The van der Waals surface area contributed by atoms with Crippen LogP contribution in [0.3, 0.4) is 0 Å². The van der Waals surface area contributed by atoms with E-state index in [0.717, 1.165) is 29.1 Å². The summed E-state index contributed by atoms with van der Waals surface area (Å²) >= 11 is 1.63. The molecule has 4 rings (SSSR count). The molecule has 0 aliphatic carbocycles. The van der Waals surface area contributed by atoms with Crippen molar-refractivity contribution in [1.82, 2.24) is 19.1 Å². The average molecular weight is 387 g/mol. The van der Waals surface area contributed by atoms with E-state index in [1.165, 1.54) is 11.1 Å². The molecule has 2 atom stereocenters. The van der Waals surface area contributed by atoms with Crippen LogP contribution in [0.2, 0.25) is 0 Å². The maximum Gasteiger partial charge on any atom is 0.291 e. The van der Waals surface area contributed by atoms with Crippen LogP contribution < -0.4 is 5.56 Å². The number of carbonyl (C=O) groups excluding carboxylic acids is 1. The lowest BCUT2D eigenvalue weighted by molar-refractivity contribution is -0.134. The number of rotatable bonds is 4. The van der Waals surface area contributed by atoms with Crippen LogP contribution in [0, 0.1) is 18.8 Å². The van der Waals surface area contributed by atoms with Crippen molar-refractivity contribution in [3.05, 3.63) is 33.7 Å². The van der Waals surface area contributed by atoms with Crippen molar-refractivity contribution in [3.63, 3.8) is 0 Å². The van der Waals surface area contributed by atoms with Crippen LogP contribution >= 0.6 is 11.3 Å². The Morgan fingerprint density at radius 1 is 1.26 bits per heavy atom. The van der Waals surface area contributed by atoms with Crippen LogP contribution in [-0.4, -0.2) is 38.1 Å². The Hall–Kier alpha value is -2.15. The molecule has 7 heteroatoms. The summed E-state index contributed by atoms with van der Waals surface area (Å²) in [6.45, 7) is 8.52. The molecule has 0 spiro atoms. The molecule has 3 aromatic heterocycles. The normalized spacial score (nSPS) is 20.6. The zero-order valence-corrected chi connectivity index (χ0v) is 17.0. The molecule has 1 fully saturated rings. The fourth-order valence-electron chi connectivity index (χ4n) is 4.38. The number of thiophene rings is 1. The summed E-state index contributed by atoms with van der Waals surface area (Å²) in [5.41, 5.74) is 1.61. The molecular weight excluding hydrogens is 360 g/mol. The molecule has 0 bridgehead atoms. The Morgan fingerprint density at radius 2 is 2.00 bits per heavy atom. The van der Waals surface area contributed by atoms with E-state index in [-0.39, 0.29) is 11.5 Å². The Morgan fingerprint density at radius 3 is 2.74 bits per heavy atom. The molecule has 6 nitrogen and oxygen atoms in total. The van der Waals surface area contributed by atoms with E-state index in [9.17, 15) is 9.59 Å². The second-order valence-electron chi connectivity index (χ2n) is 7.96. The third-order valence-electron chi connectivity index (χ3n) is 5.45. The number of aromatic nitrogens is 3. The molecule has 1 aliphatic heterocycles. The highest BCUT2D eigenvalue weighted by atomic mass is 32.1. The minimum absolute atomic E-state index is 0.0864. The van der Waals surface area contributed by atoms with Crippen LogP contribution in [0.25, 0.3) is 15.7 Å². The number of hydrogen-bond acceptors (Lipinski definition) is 4. The van der Waals surface area contributed by atoms with Gasteiger partial charge in [-0.15, -0.1) is 11.3 Å². The Labute approximate surface area is 162 Å². The van der Waals surface area contributed by atoms with Crippen molar-refractivity contribution in [3.8, 4) is 0 Å². The van der Waals surface area contributed by atoms with Gasteiger partial charge in [0.2, 0.25) is 5.91 Å². The molecule has 0 aromatic carbocycles. The highest BCUT2D eigenvalue weighted by molar-refractivity contribution is 7.17. The molecular formula is C20H26N4O2S. The first-order chi connectivity index (χ1) is 12.9. The van der Waals surface area contributed by atoms with Crippen molar-refractivity contribution in [1.29, 1.82) is 0 Å². The number of hydrogen-bond donors (Lipinski definition) is 0. The summed E-state index contributed by atoms with van der Waals surface area (Å²) in [7, 11) is 0. The van der Waals surface area contributed by atoms with Crippen LogP contribution in [-0.2, 0) is 11.3 Å². The van der Waals surface area contributed by atoms with Gasteiger partial charge in [0.1, 0.15) is 11.3 Å². The first kappa shape index (κ1) is 18.2. The predicted octanol–water partition coefficient (Wildman–Crippen LogP) is 3.30. The summed E-state index contributed by atoms with van der Waals surface area (Å²) in [5, 5.41) is 6.51. The first-order valence-corrected chi connectivity index (χ1v) is 10.6. The van der Waals surface area contributed by atoms with Crippen molar-refractivity contribution >= 4 is 33.0 Å². The Balaban J connectivity index is 1.47. The molecule has 4 heterocycles. The van der Waals surface area contributed by atoms with Gasteiger partial charge >= 0.3 is 0 Å². The topological polar surface area (TPSA) is 59.6 Å². The van der Waals surface area contributed by atoms with E-state index in [1.54, 1.807) is 11.3 Å². The molecule has 1 amide bonds. The fourth-order valence-corrected chi connectivity index (χ4v) is 5.19. The van der Waals surface area contributed by atoms with Crippen molar-refractivity contribution in [2.24, 2.45) is 11.8 Å². The van der Waals surface area contributed by atoms with E-state index < -0.39 is 0 Å². The highest BCUT2D eigenvalue weighted by Gasteiger charge is 2.25. The van der Waals surface area contributed by atoms with Crippen LogP contribution in [0.1, 0.15) is 38.9 Å². The molecule has 0 N–H and O–H groups in total. The number of nitrogens with zero attached hydrogens (tertiary/aromatic N) is 4. The number of fused-ring (bicyclic) bond motifs is 3. The quantitative estimate of drug-likeness (QED) is 0.691. The molecule has 2 unspecified atom stereocenters. The van der Waals surface area contributed by atoms with E-state index in [0.29, 0.717) is 36.7 Å². The SMILES string of the molecule is Cc1nn(CCCC(=O)N2CC(C)CC(C)C2)c(=O)c2cc3sccc3n12. The molecule has 144 valence electrons. The van der Waals surface area contributed by atoms with Crippen LogP contribution in [0.15, 0.2) is 22.3 Å². The minimum Gasteiger partial charge on any atom is -0.342 e. The van der Waals surface area contributed by atoms with Crippen LogP contribution in [0.5, 0.6) is 0 Å². The van der Waals surface area contributed by atoms with E-state index >= 15 is 0 Å². The molecule has 1 aliphatic rings. The maximum atomic E-state index is 12.8. The van der Waals surface area contributed by atoms with Gasteiger partial charge in [-0.3, -0.25) is 14.0 Å². The van der Waals surface area contributed by atoms with Crippen molar-refractivity contribution in [2.45, 2.75) is 46.6 Å². The lowest BCUT2D eigenvalue weighted by Gasteiger charge is -2.35. The molecule has 0 radical (unpaired) electrons. The Kier molecular flexibility index (Phi) is 4.80. The summed E-state index contributed by atoms with van der Waals surface area (Å²) in [5.74, 6) is 2.12. The van der Waals surface area contributed by atoms with Gasteiger partial charge in [-0.1, -0.05) is 13.8 Å². The van der Waals surface area contributed by atoms with Crippen molar-refractivity contribution < 1.29 is 4.79 Å². The van der Waals surface area contributed by atoms with Gasteiger partial charge in [0.05, 0.1) is 10.2 Å². The van der Waals surface area contributed by atoms with E-state index in [4.69, 9.17) is 0 Å². The highest BCUT2D eigenvalue weighted by Crippen LogP contribution is 2.24.